The predicted molar refractivity (Wildman–Crippen MR) is 31.2 cm³/mol. The van der Waals surface area contributed by atoms with E-state index in [0.717, 1.165) is 5.56 Å². The number of esters is 1. The van der Waals surface area contributed by atoms with Crippen molar-refractivity contribution < 1.29 is 9.53 Å². The van der Waals surface area contributed by atoms with Crippen LogP contribution in [0, 0.1) is 0 Å². The van der Waals surface area contributed by atoms with Crippen LogP contribution in [0.3, 0.4) is 0 Å². The quantitative estimate of drug-likeness (QED) is 0.476. The summed E-state index contributed by atoms with van der Waals surface area (Å²) in [5.41, 5.74) is 1.17. The molecular formula is C6H4N2O2. The minimum absolute atomic E-state index is 0.314. The standard InChI is InChI=1S/C6H4N2O2/c9-6-5-4(2-10-6)1-7-3-8-5/h1,3H,2H2. The van der Waals surface area contributed by atoms with Gasteiger partial charge >= 0.3 is 5.97 Å². The van der Waals surface area contributed by atoms with Crippen molar-refractivity contribution in [3.8, 4) is 0 Å². The Balaban J connectivity index is 2.61. The molecular weight excluding hydrogens is 132 g/mol. The maximum atomic E-state index is 10.8. The van der Waals surface area contributed by atoms with Crippen LogP contribution in [0.5, 0.6) is 0 Å². The summed E-state index contributed by atoms with van der Waals surface area (Å²) >= 11 is 0. The van der Waals surface area contributed by atoms with Gasteiger partial charge in [0.2, 0.25) is 0 Å². The van der Waals surface area contributed by atoms with Gasteiger partial charge in [0.05, 0.1) is 0 Å². The molecule has 0 aromatic carbocycles. The molecule has 2 rings (SSSR count). The van der Waals surface area contributed by atoms with E-state index in [9.17, 15) is 4.79 Å². The SMILES string of the molecule is O=C1OCc2cncnc21. The summed E-state index contributed by atoms with van der Waals surface area (Å²) in [6.07, 6.45) is 2.93. The molecule has 0 radical (unpaired) electrons. The molecule has 0 atom stereocenters. The molecule has 1 aliphatic rings. The third-order valence-corrected chi connectivity index (χ3v) is 1.34. The van der Waals surface area contributed by atoms with Crippen LogP contribution in [0.25, 0.3) is 0 Å². The van der Waals surface area contributed by atoms with E-state index >= 15 is 0 Å². The number of rotatable bonds is 0. The molecule has 0 unspecified atom stereocenters. The number of carbonyl (C=O) groups excluding carboxylic acids is 1. The maximum absolute atomic E-state index is 10.8. The molecule has 10 heavy (non-hydrogen) atoms. The van der Waals surface area contributed by atoms with Gasteiger partial charge in [0.15, 0.2) is 5.69 Å². The average Bonchev–Trinajstić information content (AvgIpc) is 2.34. The molecule has 50 valence electrons. The molecule has 0 spiro atoms. The van der Waals surface area contributed by atoms with Crippen LogP contribution in [0.15, 0.2) is 12.5 Å². The number of fused-ring (bicyclic) bond motifs is 1. The molecule has 0 amide bonds. The van der Waals surface area contributed by atoms with Crippen molar-refractivity contribution in [3.63, 3.8) is 0 Å². The molecule has 0 saturated carbocycles. The Kier molecular flexibility index (Phi) is 0.943. The zero-order valence-electron chi connectivity index (χ0n) is 5.07. The van der Waals surface area contributed by atoms with Crippen LogP contribution >= 0.6 is 0 Å². The summed E-state index contributed by atoms with van der Waals surface area (Å²) in [7, 11) is 0. The third kappa shape index (κ3) is 0.586. The minimum Gasteiger partial charge on any atom is -0.456 e. The number of hydrogen-bond acceptors (Lipinski definition) is 4. The number of cyclic esters (lactones) is 1. The lowest BCUT2D eigenvalue weighted by molar-refractivity contribution is 0.0531. The highest BCUT2D eigenvalue weighted by molar-refractivity contribution is 5.90. The Hall–Kier alpha value is -1.45. The normalized spacial score (nSPS) is 14.6. The second-order valence-electron chi connectivity index (χ2n) is 1.97. The summed E-state index contributed by atoms with van der Waals surface area (Å²) in [5.74, 6) is -0.350. The van der Waals surface area contributed by atoms with Crippen LogP contribution in [0.2, 0.25) is 0 Å². The van der Waals surface area contributed by atoms with E-state index in [1.165, 1.54) is 6.33 Å². The molecule has 4 nitrogen and oxygen atoms in total. The van der Waals surface area contributed by atoms with Crippen LogP contribution in [0.4, 0.5) is 0 Å². The number of nitrogens with zero attached hydrogens (tertiary/aromatic N) is 2. The average molecular weight is 136 g/mol. The Bertz CT molecular complexity index is 285. The smallest absolute Gasteiger partial charge is 0.357 e. The highest BCUT2D eigenvalue weighted by Crippen LogP contribution is 2.14. The van der Waals surface area contributed by atoms with Gasteiger partial charge in [0.25, 0.3) is 0 Å². The minimum atomic E-state index is -0.350. The van der Waals surface area contributed by atoms with E-state index in [4.69, 9.17) is 0 Å². The number of carbonyl (C=O) groups is 1. The number of hydrogen-bond donors (Lipinski definition) is 0. The van der Waals surface area contributed by atoms with Gasteiger partial charge in [-0.1, -0.05) is 0 Å². The van der Waals surface area contributed by atoms with E-state index < -0.39 is 0 Å². The molecule has 1 aliphatic heterocycles. The van der Waals surface area contributed by atoms with Gasteiger partial charge in [0, 0.05) is 11.8 Å². The van der Waals surface area contributed by atoms with E-state index in [2.05, 4.69) is 14.7 Å². The molecule has 0 saturated heterocycles. The summed E-state index contributed by atoms with van der Waals surface area (Å²) in [6.45, 7) is 0.314. The maximum Gasteiger partial charge on any atom is 0.357 e. The largest absolute Gasteiger partial charge is 0.456 e. The van der Waals surface area contributed by atoms with Crippen molar-refractivity contribution in [1.82, 2.24) is 9.97 Å². The molecule has 0 N–H and O–H groups in total. The second-order valence-corrected chi connectivity index (χ2v) is 1.97. The topological polar surface area (TPSA) is 52.1 Å². The Morgan fingerprint density at radius 2 is 2.50 bits per heavy atom. The fourth-order valence-electron chi connectivity index (χ4n) is 0.860. The van der Waals surface area contributed by atoms with Gasteiger partial charge in [-0.3, -0.25) is 0 Å². The molecule has 2 heterocycles. The molecule has 1 aromatic rings. The van der Waals surface area contributed by atoms with Crippen LogP contribution in [-0.4, -0.2) is 15.9 Å². The summed E-state index contributed by atoms with van der Waals surface area (Å²) in [4.78, 5) is 18.3. The number of aromatic nitrogens is 2. The van der Waals surface area contributed by atoms with Gasteiger partial charge in [-0.15, -0.1) is 0 Å². The first kappa shape index (κ1) is 5.34. The van der Waals surface area contributed by atoms with Gasteiger partial charge in [-0.2, -0.15) is 0 Å². The zero-order chi connectivity index (χ0) is 6.97. The Morgan fingerprint density at radius 3 is 3.30 bits per heavy atom. The fourth-order valence-corrected chi connectivity index (χ4v) is 0.860. The second kappa shape index (κ2) is 1.76. The van der Waals surface area contributed by atoms with Crippen molar-refractivity contribution in [2.75, 3.05) is 0 Å². The Labute approximate surface area is 56.9 Å². The summed E-state index contributed by atoms with van der Waals surface area (Å²) < 4.78 is 4.68. The van der Waals surface area contributed by atoms with Crippen LogP contribution in [0.1, 0.15) is 16.1 Å². The predicted octanol–water partition coefficient (Wildman–Crippen LogP) is 0.147. The highest BCUT2D eigenvalue weighted by Gasteiger charge is 2.21. The fraction of sp³-hybridized carbons (Fsp3) is 0.167. The number of ether oxygens (including phenoxy) is 1. The van der Waals surface area contributed by atoms with Gasteiger partial charge in [0.1, 0.15) is 12.9 Å². The van der Waals surface area contributed by atoms with Crippen LogP contribution in [-0.2, 0) is 11.3 Å². The molecule has 0 aliphatic carbocycles. The van der Waals surface area contributed by atoms with Crippen molar-refractivity contribution in [3.05, 3.63) is 23.8 Å². The van der Waals surface area contributed by atoms with Gasteiger partial charge < -0.3 is 4.74 Å². The first-order valence-electron chi connectivity index (χ1n) is 2.84. The van der Waals surface area contributed by atoms with Crippen molar-refractivity contribution in [1.29, 1.82) is 0 Å². The van der Waals surface area contributed by atoms with E-state index in [1.807, 2.05) is 0 Å². The summed E-state index contributed by atoms with van der Waals surface area (Å²) in [6, 6.07) is 0. The lowest BCUT2D eigenvalue weighted by Gasteiger charge is -1.86. The Morgan fingerprint density at radius 1 is 1.60 bits per heavy atom. The molecule has 0 fully saturated rings. The van der Waals surface area contributed by atoms with Crippen molar-refractivity contribution in [2.45, 2.75) is 6.61 Å². The highest BCUT2D eigenvalue weighted by atomic mass is 16.5. The monoisotopic (exact) mass is 136 g/mol. The van der Waals surface area contributed by atoms with E-state index in [1.54, 1.807) is 6.20 Å². The van der Waals surface area contributed by atoms with Gasteiger partial charge in [-0.05, 0) is 0 Å². The first-order chi connectivity index (χ1) is 4.88. The van der Waals surface area contributed by atoms with E-state index in [0.29, 0.717) is 12.3 Å². The van der Waals surface area contributed by atoms with Crippen molar-refractivity contribution in [2.24, 2.45) is 0 Å². The van der Waals surface area contributed by atoms with E-state index in [-0.39, 0.29) is 5.97 Å². The lowest BCUT2D eigenvalue weighted by Crippen LogP contribution is -1.96. The van der Waals surface area contributed by atoms with Crippen LogP contribution < -0.4 is 0 Å². The first-order valence-corrected chi connectivity index (χ1v) is 2.84. The zero-order valence-corrected chi connectivity index (χ0v) is 5.07. The molecule has 4 heteroatoms. The molecule has 0 bridgehead atoms. The van der Waals surface area contributed by atoms with Crippen molar-refractivity contribution >= 4 is 5.97 Å². The molecule has 1 aromatic heterocycles. The third-order valence-electron chi connectivity index (χ3n) is 1.34. The summed E-state index contributed by atoms with van der Waals surface area (Å²) in [5, 5.41) is 0. The van der Waals surface area contributed by atoms with Gasteiger partial charge in [-0.25, -0.2) is 14.8 Å². The lowest BCUT2D eigenvalue weighted by atomic mass is 10.3.